The molecule has 0 fully saturated rings. The topological polar surface area (TPSA) is 86.0 Å². The minimum atomic E-state index is -0.0776. The SMILES string of the molecule is COc1nn(C)cc1C(=O)N1CCc2ncnc(-c3ccncc3)c2CC1. The highest BCUT2D eigenvalue weighted by Gasteiger charge is 2.26. The molecule has 0 N–H and O–H groups in total. The van der Waals surface area contributed by atoms with Crippen LogP contribution in [0.15, 0.2) is 37.1 Å². The van der Waals surface area contributed by atoms with Gasteiger partial charge in [0.25, 0.3) is 5.91 Å². The van der Waals surface area contributed by atoms with Gasteiger partial charge in [-0.25, -0.2) is 9.97 Å². The fourth-order valence-electron chi connectivity index (χ4n) is 3.42. The lowest BCUT2D eigenvalue weighted by molar-refractivity contribution is 0.0759. The molecule has 8 nitrogen and oxygen atoms in total. The average molecular weight is 364 g/mol. The second-order valence-corrected chi connectivity index (χ2v) is 6.40. The molecular formula is C19H20N6O2. The molecule has 3 aromatic rings. The number of hydrogen-bond acceptors (Lipinski definition) is 6. The van der Waals surface area contributed by atoms with Crippen molar-refractivity contribution in [2.75, 3.05) is 20.2 Å². The number of carbonyl (C=O) groups excluding carboxylic acids is 1. The first kappa shape index (κ1) is 17.1. The first-order valence-electron chi connectivity index (χ1n) is 8.77. The van der Waals surface area contributed by atoms with Crippen LogP contribution in [0.4, 0.5) is 0 Å². The number of amides is 1. The second kappa shape index (κ2) is 7.14. The van der Waals surface area contributed by atoms with Crippen molar-refractivity contribution in [2.24, 2.45) is 7.05 Å². The summed E-state index contributed by atoms with van der Waals surface area (Å²) in [5, 5.41) is 4.18. The van der Waals surface area contributed by atoms with E-state index in [2.05, 4.69) is 20.1 Å². The van der Waals surface area contributed by atoms with Gasteiger partial charge in [0.15, 0.2) is 0 Å². The summed E-state index contributed by atoms with van der Waals surface area (Å²) in [5.74, 6) is 0.271. The molecule has 8 heteroatoms. The summed E-state index contributed by atoms with van der Waals surface area (Å²) >= 11 is 0. The third-order valence-corrected chi connectivity index (χ3v) is 4.74. The van der Waals surface area contributed by atoms with Crippen LogP contribution < -0.4 is 4.74 Å². The molecule has 0 saturated heterocycles. The fraction of sp³-hybridized carbons (Fsp3) is 0.316. The number of ether oxygens (including phenoxy) is 1. The normalized spacial score (nSPS) is 13.8. The molecule has 138 valence electrons. The Kier molecular flexibility index (Phi) is 4.53. The zero-order chi connectivity index (χ0) is 18.8. The van der Waals surface area contributed by atoms with Crippen LogP contribution in [0, 0.1) is 0 Å². The third-order valence-electron chi connectivity index (χ3n) is 4.74. The van der Waals surface area contributed by atoms with E-state index in [-0.39, 0.29) is 5.91 Å². The predicted octanol–water partition coefficient (Wildman–Crippen LogP) is 1.52. The summed E-state index contributed by atoms with van der Waals surface area (Å²) in [4.78, 5) is 27.9. The number of aromatic nitrogens is 5. The van der Waals surface area contributed by atoms with E-state index in [1.807, 2.05) is 17.0 Å². The van der Waals surface area contributed by atoms with Crippen LogP contribution in [0.3, 0.4) is 0 Å². The van der Waals surface area contributed by atoms with E-state index in [0.717, 1.165) is 22.5 Å². The Morgan fingerprint density at radius 3 is 2.70 bits per heavy atom. The van der Waals surface area contributed by atoms with E-state index >= 15 is 0 Å². The lowest BCUT2D eigenvalue weighted by atomic mass is 10.0. The van der Waals surface area contributed by atoms with E-state index in [1.54, 1.807) is 36.6 Å². The number of hydrogen-bond donors (Lipinski definition) is 0. The number of rotatable bonds is 3. The van der Waals surface area contributed by atoms with E-state index in [1.165, 1.54) is 7.11 Å². The summed E-state index contributed by atoms with van der Waals surface area (Å²) < 4.78 is 6.83. The molecule has 0 bridgehead atoms. The van der Waals surface area contributed by atoms with E-state index in [0.29, 0.717) is 37.4 Å². The minimum absolute atomic E-state index is 0.0776. The Labute approximate surface area is 156 Å². The Balaban J connectivity index is 1.61. The lowest BCUT2D eigenvalue weighted by Gasteiger charge is -2.19. The highest BCUT2D eigenvalue weighted by atomic mass is 16.5. The number of pyridine rings is 1. The van der Waals surface area contributed by atoms with Gasteiger partial charge in [-0.3, -0.25) is 14.5 Å². The van der Waals surface area contributed by atoms with Crippen LogP contribution in [-0.2, 0) is 19.9 Å². The minimum Gasteiger partial charge on any atom is -0.479 e. The Morgan fingerprint density at radius 1 is 1.15 bits per heavy atom. The largest absolute Gasteiger partial charge is 0.479 e. The Bertz CT molecular complexity index is 970. The van der Waals surface area contributed by atoms with Crippen LogP contribution in [0.2, 0.25) is 0 Å². The van der Waals surface area contributed by atoms with Gasteiger partial charge in [-0.15, -0.1) is 5.10 Å². The van der Waals surface area contributed by atoms with Crippen LogP contribution in [0.25, 0.3) is 11.3 Å². The van der Waals surface area contributed by atoms with Gasteiger partial charge >= 0.3 is 0 Å². The van der Waals surface area contributed by atoms with Gasteiger partial charge in [-0.1, -0.05) is 0 Å². The summed E-state index contributed by atoms with van der Waals surface area (Å²) in [6, 6.07) is 3.88. The molecule has 0 aromatic carbocycles. The standard InChI is InChI=1S/C19H20N6O2/c1-24-11-15(18(23-24)27-2)19(26)25-9-5-14-16(6-10-25)21-12-22-17(14)13-3-7-20-8-4-13/h3-4,7-8,11-12H,5-6,9-10H2,1-2H3. The first-order valence-corrected chi connectivity index (χ1v) is 8.77. The second-order valence-electron chi connectivity index (χ2n) is 6.40. The molecule has 1 amide bonds. The summed E-state index contributed by atoms with van der Waals surface area (Å²) in [6.45, 7) is 1.19. The van der Waals surface area contributed by atoms with Crippen molar-refractivity contribution >= 4 is 5.91 Å². The van der Waals surface area contributed by atoms with E-state index in [4.69, 9.17) is 4.74 Å². The molecular weight excluding hydrogens is 344 g/mol. The summed E-state index contributed by atoms with van der Waals surface area (Å²) in [5.41, 5.74) is 4.49. The molecule has 0 unspecified atom stereocenters. The predicted molar refractivity (Wildman–Crippen MR) is 98.3 cm³/mol. The van der Waals surface area contributed by atoms with Crippen LogP contribution in [0.1, 0.15) is 21.6 Å². The van der Waals surface area contributed by atoms with Crippen molar-refractivity contribution < 1.29 is 9.53 Å². The summed E-state index contributed by atoms with van der Waals surface area (Å²) in [7, 11) is 3.29. The maximum absolute atomic E-state index is 13.0. The molecule has 0 saturated carbocycles. The van der Waals surface area contributed by atoms with Crippen molar-refractivity contribution in [1.82, 2.24) is 29.6 Å². The van der Waals surface area contributed by atoms with Crippen LogP contribution in [0.5, 0.6) is 5.88 Å². The average Bonchev–Trinajstić information content (AvgIpc) is 2.95. The molecule has 1 aliphatic rings. The highest BCUT2D eigenvalue weighted by Crippen LogP contribution is 2.26. The van der Waals surface area contributed by atoms with Gasteiger partial charge in [0.05, 0.1) is 12.8 Å². The van der Waals surface area contributed by atoms with Gasteiger partial charge in [0.1, 0.15) is 11.9 Å². The van der Waals surface area contributed by atoms with Crippen LogP contribution in [-0.4, -0.2) is 55.7 Å². The molecule has 1 aliphatic heterocycles. The highest BCUT2D eigenvalue weighted by molar-refractivity contribution is 5.96. The monoisotopic (exact) mass is 364 g/mol. The lowest BCUT2D eigenvalue weighted by Crippen LogP contribution is -2.33. The molecule has 0 spiro atoms. The quantitative estimate of drug-likeness (QED) is 0.700. The molecule has 4 rings (SSSR count). The Hall–Kier alpha value is -3.29. The van der Waals surface area contributed by atoms with E-state index in [9.17, 15) is 4.79 Å². The molecule has 0 aliphatic carbocycles. The molecule has 0 radical (unpaired) electrons. The maximum Gasteiger partial charge on any atom is 0.260 e. The van der Waals surface area contributed by atoms with Gasteiger partial charge in [-0.2, -0.15) is 0 Å². The zero-order valence-electron chi connectivity index (χ0n) is 15.3. The van der Waals surface area contributed by atoms with Gasteiger partial charge in [-0.05, 0) is 18.6 Å². The Morgan fingerprint density at radius 2 is 1.93 bits per heavy atom. The molecule has 27 heavy (non-hydrogen) atoms. The molecule has 0 atom stereocenters. The van der Waals surface area contributed by atoms with Gasteiger partial charge in [0, 0.05) is 62.0 Å². The van der Waals surface area contributed by atoms with Crippen molar-refractivity contribution in [3.8, 4) is 17.1 Å². The first-order chi connectivity index (χ1) is 13.2. The molecule has 4 heterocycles. The number of nitrogens with zero attached hydrogens (tertiary/aromatic N) is 6. The number of methoxy groups -OCH3 is 1. The zero-order valence-corrected chi connectivity index (χ0v) is 15.3. The number of aryl methyl sites for hydroxylation is 1. The number of fused-ring (bicyclic) bond motifs is 1. The molecule has 3 aromatic heterocycles. The smallest absolute Gasteiger partial charge is 0.260 e. The number of carbonyl (C=O) groups is 1. The maximum atomic E-state index is 13.0. The van der Waals surface area contributed by atoms with E-state index < -0.39 is 0 Å². The van der Waals surface area contributed by atoms with Gasteiger partial charge < -0.3 is 9.64 Å². The summed E-state index contributed by atoms with van der Waals surface area (Å²) in [6.07, 6.45) is 8.18. The third kappa shape index (κ3) is 3.25. The van der Waals surface area contributed by atoms with Crippen molar-refractivity contribution in [3.63, 3.8) is 0 Å². The van der Waals surface area contributed by atoms with Crippen molar-refractivity contribution in [3.05, 3.63) is 53.9 Å². The van der Waals surface area contributed by atoms with Crippen molar-refractivity contribution in [2.45, 2.75) is 12.8 Å². The van der Waals surface area contributed by atoms with Crippen molar-refractivity contribution in [1.29, 1.82) is 0 Å². The van der Waals surface area contributed by atoms with Gasteiger partial charge in [0.2, 0.25) is 5.88 Å². The van der Waals surface area contributed by atoms with Crippen LogP contribution >= 0.6 is 0 Å². The fourth-order valence-corrected chi connectivity index (χ4v) is 3.42.